The Morgan fingerprint density at radius 1 is 1.42 bits per heavy atom. The monoisotopic (exact) mass is 323 g/mol. The number of benzene rings is 1. The Kier molecular flexibility index (Phi) is 4.61. The number of ether oxygens (including phenoxy) is 1. The van der Waals surface area contributed by atoms with E-state index in [9.17, 15) is 0 Å². The third-order valence-electron chi connectivity index (χ3n) is 2.76. The molecule has 102 valence electrons. The zero-order valence-corrected chi connectivity index (χ0v) is 12.7. The van der Waals surface area contributed by atoms with Gasteiger partial charge in [0.15, 0.2) is 5.75 Å². The van der Waals surface area contributed by atoms with E-state index < -0.39 is 0 Å². The molecule has 0 aliphatic carbocycles. The Morgan fingerprint density at radius 3 is 2.84 bits per heavy atom. The van der Waals surface area contributed by atoms with Gasteiger partial charge in [0.05, 0.1) is 12.4 Å². The Hall–Kier alpha value is -1.33. The molecule has 1 aromatic heterocycles. The van der Waals surface area contributed by atoms with Crippen LogP contribution in [0.5, 0.6) is 11.5 Å². The third-order valence-corrected chi connectivity index (χ3v) is 3.45. The van der Waals surface area contributed by atoms with Crippen molar-refractivity contribution in [2.24, 2.45) is 5.73 Å². The molecule has 19 heavy (non-hydrogen) atoms. The van der Waals surface area contributed by atoms with Gasteiger partial charge in [0.2, 0.25) is 0 Å². The topological polar surface area (TPSA) is 53.1 Å². The fourth-order valence-electron chi connectivity index (χ4n) is 1.83. The minimum Gasteiger partial charge on any atom is -0.454 e. The fourth-order valence-corrected chi connectivity index (χ4v) is 2.54. The van der Waals surface area contributed by atoms with Crippen molar-refractivity contribution in [3.63, 3.8) is 0 Å². The second-order valence-electron chi connectivity index (χ2n) is 4.51. The van der Waals surface area contributed by atoms with Gasteiger partial charge in [-0.05, 0) is 31.0 Å². The summed E-state index contributed by atoms with van der Waals surface area (Å²) in [6, 6.07) is 5.81. The van der Waals surface area contributed by atoms with Crippen LogP contribution in [0.4, 0.5) is 0 Å². The van der Waals surface area contributed by atoms with Crippen molar-refractivity contribution < 1.29 is 4.74 Å². The second-order valence-corrected chi connectivity index (χ2v) is 5.37. The van der Waals surface area contributed by atoms with Crippen LogP contribution >= 0.6 is 15.9 Å². The number of hydrogen-bond donors (Lipinski definition) is 1. The summed E-state index contributed by atoms with van der Waals surface area (Å²) >= 11 is 3.51. The number of nitrogens with two attached hydrogens (primary N) is 1. The van der Waals surface area contributed by atoms with Gasteiger partial charge < -0.3 is 10.5 Å². The summed E-state index contributed by atoms with van der Waals surface area (Å²) < 4.78 is 8.60. The molecule has 5 heteroatoms. The molecule has 4 nitrogen and oxygen atoms in total. The van der Waals surface area contributed by atoms with Gasteiger partial charge in [-0.3, -0.25) is 4.68 Å². The highest BCUT2D eigenvalue weighted by atomic mass is 79.9. The fraction of sp³-hybridized carbons (Fsp3) is 0.357. The molecule has 1 unspecified atom stereocenters. The average molecular weight is 324 g/mol. The number of nitrogens with zero attached hydrogens (tertiary/aromatic N) is 2. The van der Waals surface area contributed by atoms with Gasteiger partial charge in [-0.25, -0.2) is 0 Å². The Labute approximate surface area is 121 Å². The molecule has 0 aliphatic heterocycles. The molecule has 0 aliphatic rings. The van der Waals surface area contributed by atoms with E-state index in [1.54, 1.807) is 6.20 Å². The number of aromatic nitrogens is 2. The second kappa shape index (κ2) is 6.21. The predicted octanol–water partition coefficient (Wildman–Crippen LogP) is 3.87. The van der Waals surface area contributed by atoms with Crippen molar-refractivity contribution >= 4 is 15.9 Å². The maximum absolute atomic E-state index is 5.87. The van der Waals surface area contributed by atoms with Crippen LogP contribution in [0.25, 0.3) is 0 Å². The van der Waals surface area contributed by atoms with Crippen LogP contribution in [0.15, 0.2) is 35.1 Å². The van der Waals surface area contributed by atoms with Gasteiger partial charge in [-0.1, -0.05) is 28.9 Å². The molecule has 0 amide bonds. The summed E-state index contributed by atoms with van der Waals surface area (Å²) in [4.78, 5) is 0. The normalized spacial score (nSPS) is 12.4. The smallest absolute Gasteiger partial charge is 0.165 e. The van der Waals surface area contributed by atoms with Crippen LogP contribution in [0.2, 0.25) is 0 Å². The minimum absolute atomic E-state index is 0.00395. The highest BCUT2D eigenvalue weighted by molar-refractivity contribution is 9.10. The molecule has 0 saturated heterocycles. The highest BCUT2D eigenvalue weighted by Crippen LogP contribution is 2.29. The third kappa shape index (κ3) is 3.58. The van der Waals surface area contributed by atoms with Gasteiger partial charge in [0.25, 0.3) is 0 Å². The largest absolute Gasteiger partial charge is 0.454 e. The van der Waals surface area contributed by atoms with E-state index >= 15 is 0 Å². The Bertz CT molecular complexity index is 551. The van der Waals surface area contributed by atoms with E-state index in [1.807, 2.05) is 36.0 Å². The maximum Gasteiger partial charge on any atom is 0.165 e. The van der Waals surface area contributed by atoms with Crippen LogP contribution in [0.3, 0.4) is 0 Å². The molecule has 2 rings (SSSR count). The standard InChI is InChI=1S/C14H18BrN3O/c1-3-6-18-9-12(8-17-18)19-11-4-5-13(10(2)16)14(15)7-11/h4-5,7-10H,3,6,16H2,1-2H3. The zero-order chi connectivity index (χ0) is 13.8. The Morgan fingerprint density at radius 2 is 2.21 bits per heavy atom. The molecule has 1 atom stereocenters. The lowest BCUT2D eigenvalue weighted by Crippen LogP contribution is -2.05. The minimum atomic E-state index is -0.00395. The van der Waals surface area contributed by atoms with Crippen molar-refractivity contribution in [3.8, 4) is 11.5 Å². The number of rotatable bonds is 5. The van der Waals surface area contributed by atoms with Gasteiger partial charge in [0.1, 0.15) is 5.75 Å². The first-order valence-electron chi connectivity index (χ1n) is 6.35. The quantitative estimate of drug-likeness (QED) is 0.908. The van der Waals surface area contributed by atoms with Crippen molar-refractivity contribution in [2.45, 2.75) is 32.9 Å². The Balaban J connectivity index is 2.12. The van der Waals surface area contributed by atoms with E-state index in [4.69, 9.17) is 10.5 Å². The zero-order valence-electron chi connectivity index (χ0n) is 11.1. The van der Waals surface area contributed by atoms with E-state index in [-0.39, 0.29) is 6.04 Å². The number of aryl methyl sites for hydroxylation is 1. The summed E-state index contributed by atoms with van der Waals surface area (Å²) in [5, 5.41) is 4.23. The molecular weight excluding hydrogens is 306 g/mol. The summed E-state index contributed by atoms with van der Waals surface area (Å²) in [6.45, 7) is 4.97. The molecule has 2 aromatic rings. The summed E-state index contributed by atoms with van der Waals surface area (Å²) in [5.74, 6) is 1.52. The summed E-state index contributed by atoms with van der Waals surface area (Å²) in [5.41, 5.74) is 6.93. The van der Waals surface area contributed by atoms with Crippen LogP contribution in [-0.4, -0.2) is 9.78 Å². The molecular formula is C14H18BrN3O. The van der Waals surface area contributed by atoms with Crippen LogP contribution in [0.1, 0.15) is 31.9 Å². The molecule has 0 fully saturated rings. The SMILES string of the molecule is CCCn1cc(Oc2ccc(C(C)N)c(Br)c2)cn1. The lowest BCUT2D eigenvalue weighted by molar-refractivity contribution is 0.480. The van der Waals surface area contributed by atoms with E-state index in [0.29, 0.717) is 0 Å². The first kappa shape index (κ1) is 14.1. The molecule has 0 bridgehead atoms. The lowest BCUT2D eigenvalue weighted by Gasteiger charge is -2.10. The van der Waals surface area contributed by atoms with Crippen molar-refractivity contribution in [1.82, 2.24) is 9.78 Å². The van der Waals surface area contributed by atoms with Crippen LogP contribution < -0.4 is 10.5 Å². The van der Waals surface area contributed by atoms with Gasteiger partial charge in [0, 0.05) is 17.1 Å². The van der Waals surface area contributed by atoms with E-state index in [1.165, 1.54) is 0 Å². The highest BCUT2D eigenvalue weighted by Gasteiger charge is 2.07. The summed E-state index contributed by atoms with van der Waals surface area (Å²) in [6.07, 6.45) is 4.68. The van der Waals surface area contributed by atoms with Crippen LogP contribution in [0, 0.1) is 0 Å². The van der Waals surface area contributed by atoms with Gasteiger partial charge >= 0.3 is 0 Å². The van der Waals surface area contributed by atoms with E-state index in [2.05, 4.69) is 28.0 Å². The molecule has 0 saturated carbocycles. The van der Waals surface area contributed by atoms with Crippen molar-refractivity contribution in [1.29, 1.82) is 0 Å². The van der Waals surface area contributed by atoms with Crippen molar-refractivity contribution in [3.05, 3.63) is 40.6 Å². The molecule has 1 aromatic carbocycles. The molecule has 2 N–H and O–H groups in total. The van der Waals surface area contributed by atoms with Gasteiger partial charge in [-0.2, -0.15) is 5.10 Å². The average Bonchev–Trinajstić information content (AvgIpc) is 2.76. The summed E-state index contributed by atoms with van der Waals surface area (Å²) in [7, 11) is 0. The van der Waals surface area contributed by atoms with Gasteiger partial charge in [-0.15, -0.1) is 0 Å². The maximum atomic E-state index is 5.87. The lowest BCUT2D eigenvalue weighted by atomic mass is 10.1. The molecule has 1 heterocycles. The van der Waals surface area contributed by atoms with Crippen LogP contribution in [-0.2, 0) is 6.54 Å². The number of hydrogen-bond acceptors (Lipinski definition) is 3. The number of halogens is 1. The predicted molar refractivity (Wildman–Crippen MR) is 79.3 cm³/mol. The first-order chi connectivity index (χ1) is 9.10. The first-order valence-corrected chi connectivity index (χ1v) is 7.14. The van der Waals surface area contributed by atoms with E-state index in [0.717, 1.165) is 34.5 Å². The molecule has 0 spiro atoms. The van der Waals surface area contributed by atoms with Crippen molar-refractivity contribution in [2.75, 3.05) is 0 Å². The molecule has 0 radical (unpaired) electrons.